The van der Waals surface area contributed by atoms with E-state index in [-0.39, 0.29) is 0 Å². The van der Waals surface area contributed by atoms with Crippen molar-refractivity contribution in [3.63, 3.8) is 0 Å². The van der Waals surface area contributed by atoms with E-state index < -0.39 is 5.41 Å². The molecule has 0 saturated heterocycles. The zero-order chi connectivity index (χ0) is 34.4. The Bertz CT molecular complexity index is 3400. The van der Waals surface area contributed by atoms with Crippen LogP contribution in [0.15, 0.2) is 184 Å². The lowest BCUT2D eigenvalue weighted by atomic mass is 9.62. The average Bonchev–Trinajstić information content (AvgIpc) is 3.88. The van der Waals surface area contributed by atoms with E-state index in [1.807, 2.05) is 17.8 Å². The monoisotopic (exact) mass is 692 g/mol. The maximum absolute atomic E-state index is 6.25. The van der Waals surface area contributed by atoms with Gasteiger partial charge in [0.1, 0.15) is 11.2 Å². The third-order valence-corrected chi connectivity index (χ3v) is 13.2. The Morgan fingerprint density at radius 2 is 1.11 bits per heavy atom. The molecule has 0 fully saturated rings. The van der Waals surface area contributed by atoms with Crippen LogP contribution in [0.4, 0.5) is 0 Å². The normalized spacial score (nSPS) is 15.9. The molecule has 53 heavy (non-hydrogen) atoms. The van der Waals surface area contributed by atoms with Gasteiger partial charge >= 0.3 is 0 Å². The van der Waals surface area contributed by atoms with Gasteiger partial charge < -0.3 is 13.6 Å². The quantitative estimate of drug-likeness (QED) is 0.171. The van der Waals surface area contributed by atoms with E-state index in [1.54, 1.807) is 0 Å². The predicted molar refractivity (Wildman–Crippen MR) is 218 cm³/mol. The summed E-state index contributed by atoms with van der Waals surface area (Å²) in [7, 11) is 0. The smallest absolute Gasteiger partial charge is 0.135 e. The third-order valence-electron chi connectivity index (χ3n) is 12.0. The van der Waals surface area contributed by atoms with E-state index >= 15 is 0 Å². The van der Waals surface area contributed by atoms with Crippen molar-refractivity contribution in [1.82, 2.24) is 9.13 Å². The maximum Gasteiger partial charge on any atom is 0.135 e. The van der Waals surface area contributed by atoms with Crippen molar-refractivity contribution in [2.24, 2.45) is 0 Å². The highest BCUT2D eigenvalue weighted by atomic mass is 32.2. The van der Waals surface area contributed by atoms with Crippen LogP contribution >= 0.6 is 11.8 Å². The van der Waals surface area contributed by atoms with Gasteiger partial charge in [0.2, 0.25) is 0 Å². The molecule has 0 N–H and O–H groups in total. The standard InChI is InChI=1S/C49H28N2OS/c1-6-19-39-30(12-1)32-15-11-18-37-47(32)51(39)41-21-8-4-16-35(41)49(37)36-17-5-10-23-45(36)53-48-38(49)25-26-42-46(48)33-14-2-7-20-40(33)50(42)29-24-27-44-34(28-29)31-13-3-9-22-43(31)52-44/h1-28H. The number of nitrogens with zero attached hydrogens (tertiary/aromatic N) is 2. The van der Waals surface area contributed by atoms with E-state index in [4.69, 9.17) is 4.42 Å². The molecular weight excluding hydrogens is 665 g/mol. The second-order valence-electron chi connectivity index (χ2n) is 14.4. The lowest BCUT2D eigenvalue weighted by molar-refractivity contribution is 0.669. The van der Waals surface area contributed by atoms with Crippen LogP contribution in [0.3, 0.4) is 0 Å². The fourth-order valence-corrected chi connectivity index (χ4v) is 11.3. The molecular formula is C49H28N2OS. The summed E-state index contributed by atoms with van der Waals surface area (Å²) in [4.78, 5) is 2.62. The van der Waals surface area contributed by atoms with Crippen LogP contribution in [0.25, 0.3) is 76.9 Å². The molecule has 11 aromatic rings. The van der Waals surface area contributed by atoms with Crippen LogP contribution in [0.5, 0.6) is 0 Å². The summed E-state index contributed by atoms with van der Waals surface area (Å²) in [6, 6.07) is 62.8. The van der Waals surface area contributed by atoms with Crippen molar-refractivity contribution in [1.29, 1.82) is 0 Å². The highest BCUT2D eigenvalue weighted by molar-refractivity contribution is 7.99. The Balaban J connectivity index is 1.19. The first-order chi connectivity index (χ1) is 26.3. The van der Waals surface area contributed by atoms with E-state index in [1.165, 1.54) is 81.3 Å². The van der Waals surface area contributed by atoms with Crippen molar-refractivity contribution >= 4 is 77.3 Å². The highest BCUT2D eigenvalue weighted by Crippen LogP contribution is 2.62. The van der Waals surface area contributed by atoms with Gasteiger partial charge in [-0.25, -0.2) is 0 Å². The summed E-state index contributed by atoms with van der Waals surface area (Å²) in [6.45, 7) is 0. The second kappa shape index (κ2) is 9.88. The topological polar surface area (TPSA) is 23.0 Å². The molecule has 1 atom stereocenters. The molecule has 0 bridgehead atoms. The van der Waals surface area contributed by atoms with Gasteiger partial charge in [0.15, 0.2) is 0 Å². The summed E-state index contributed by atoms with van der Waals surface area (Å²) < 4.78 is 11.2. The molecule has 1 unspecified atom stereocenters. The fraction of sp³-hybridized carbons (Fsp3) is 0.0204. The summed E-state index contributed by atoms with van der Waals surface area (Å²) in [5.41, 5.74) is 13.9. The lowest BCUT2D eigenvalue weighted by Gasteiger charge is -2.45. The van der Waals surface area contributed by atoms with Crippen molar-refractivity contribution in [3.8, 4) is 11.4 Å². The van der Waals surface area contributed by atoms with Crippen LogP contribution in [0.2, 0.25) is 0 Å². The number of hydrogen-bond acceptors (Lipinski definition) is 2. The summed E-state index contributed by atoms with van der Waals surface area (Å²) in [5.74, 6) is 0. The minimum absolute atomic E-state index is 0.524. The summed E-state index contributed by atoms with van der Waals surface area (Å²) >= 11 is 1.92. The largest absolute Gasteiger partial charge is 0.456 e. The predicted octanol–water partition coefficient (Wildman–Crippen LogP) is 12.9. The van der Waals surface area contributed by atoms with Crippen molar-refractivity contribution in [2.75, 3.05) is 0 Å². The first-order valence-corrected chi connectivity index (χ1v) is 19.0. The number of hydrogen-bond donors (Lipinski definition) is 0. The van der Waals surface area contributed by atoms with Gasteiger partial charge in [-0.05, 0) is 76.9 Å². The molecule has 246 valence electrons. The molecule has 0 radical (unpaired) electrons. The molecule has 3 nitrogen and oxygen atoms in total. The SMILES string of the molecule is c1ccc2c(c1)Sc1c(ccc3c1c1ccccc1n3-c1ccc3oc4ccccc4c3c1)C21c2ccccc2-n2c3ccccc3c3cccc1c32. The van der Waals surface area contributed by atoms with Crippen molar-refractivity contribution in [3.05, 3.63) is 192 Å². The molecule has 8 aromatic carbocycles. The van der Waals surface area contributed by atoms with Gasteiger partial charge in [-0.3, -0.25) is 0 Å². The number of benzene rings is 8. The number of fused-ring (bicyclic) bond motifs is 18. The Morgan fingerprint density at radius 1 is 0.434 bits per heavy atom. The van der Waals surface area contributed by atoms with Gasteiger partial charge in [-0.2, -0.15) is 0 Å². The third kappa shape index (κ3) is 3.34. The Hall–Kier alpha value is -6.49. The van der Waals surface area contributed by atoms with Gasteiger partial charge in [0, 0.05) is 47.8 Å². The highest BCUT2D eigenvalue weighted by Gasteiger charge is 2.50. The van der Waals surface area contributed by atoms with Crippen LogP contribution in [0, 0.1) is 0 Å². The van der Waals surface area contributed by atoms with E-state index in [9.17, 15) is 0 Å². The molecule has 5 heterocycles. The number of para-hydroxylation sites is 5. The first kappa shape index (κ1) is 28.1. The lowest BCUT2D eigenvalue weighted by Crippen LogP contribution is -2.37. The minimum Gasteiger partial charge on any atom is -0.456 e. The molecule has 0 amide bonds. The zero-order valence-electron chi connectivity index (χ0n) is 28.4. The second-order valence-corrected chi connectivity index (χ2v) is 15.4. The Morgan fingerprint density at radius 3 is 2.02 bits per heavy atom. The van der Waals surface area contributed by atoms with E-state index in [0.717, 1.165) is 27.6 Å². The first-order valence-electron chi connectivity index (χ1n) is 18.2. The Labute approximate surface area is 308 Å². The van der Waals surface area contributed by atoms with Crippen LogP contribution < -0.4 is 0 Å². The van der Waals surface area contributed by atoms with E-state index in [0.29, 0.717) is 0 Å². The zero-order valence-corrected chi connectivity index (χ0v) is 29.2. The van der Waals surface area contributed by atoms with E-state index in [2.05, 4.69) is 173 Å². The molecule has 0 aliphatic carbocycles. The van der Waals surface area contributed by atoms with Crippen LogP contribution in [0.1, 0.15) is 22.3 Å². The number of furan rings is 1. The molecule has 0 saturated carbocycles. The molecule has 4 heteroatoms. The minimum atomic E-state index is -0.524. The summed E-state index contributed by atoms with van der Waals surface area (Å²) in [6.07, 6.45) is 0. The Kier molecular flexibility index (Phi) is 5.25. The molecule has 13 rings (SSSR count). The molecule has 2 aliphatic rings. The van der Waals surface area contributed by atoms with Crippen molar-refractivity contribution in [2.45, 2.75) is 15.2 Å². The van der Waals surface area contributed by atoms with Gasteiger partial charge in [0.25, 0.3) is 0 Å². The van der Waals surface area contributed by atoms with Crippen LogP contribution in [-0.4, -0.2) is 9.13 Å². The number of aromatic nitrogens is 2. The van der Waals surface area contributed by atoms with Gasteiger partial charge in [-0.15, -0.1) is 0 Å². The maximum atomic E-state index is 6.25. The van der Waals surface area contributed by atoms with Crippen molar-refractivity contribution < 1.29 is 4.42 Å². The summed E-state index contributed by atoms with van der Waals surface area (Å²) in [5, 5.41) is 7.41. The molecule has 2 aliphatic heterocycles. The van der Waals surface area contributed by atoms with Gasteiger partial charge in [-0.1, -0.05) is 127 Å². The average molecular weight is 693 g/mol. The molecule has 1 spiro atoms. The number of rotatable bonds is 1. The van der Waals surface area contributed by atoms with Crippen LogP contribution in [-0.2, 0) is 5.41 Å². The van der Waals surface area contributed by atoms with Gasteiger partial charge in [0.05, 0.1) is 33.2 Å². The fourth-order valence-electron chi connectivity index (χ4n) is 9.96. The molecule has 3 aromatic heterocycles.